The third-order valence-corrected chi connectivity index (χ3v) is 5.58. The maximum absolute atomic E-state index is 12.4. The maximum atomic E-state index is 12.4. The van der Waals surface area contributed by atoms with Crippen molar-refractivity contribution in [2.24, 2.45) is 5.14 Å². The van der Waals surface area contributed by atoms with E-state index in [-0.39, 0.29) is 29.0 Å². The molecule has 1 fully saturated rings. The summed E-state index contributed by atoms with van der Waals surface area (Å²) in [5, 5.41) is 5.46. The minimum absolute atomic E-state index is 0.0246. The van der Waals surface area contributed by atoms with E-state index in [1.165, 1.54) is 6.07 Å². The first-order valence-electron chi connectivity index (χ1n) is 8.81. The molecule has 1 aliphatic rings. The first-order valence-corrected chi connectivity index (χ1v) is 10.8. The van der Waals surface area contributed by atoms with E-state index in [4.69, 9.17) is 26.8 Å². The molecule has 0 spiro atoms. The highest BCUT2D eigenvalue weighted by Crippen LogP contribution is 2.40. The van der Waals surface area contributed by atoms with Crippen molar-refractivity contribution in [1.82, 2.24) is 0 Å². The van der Waals surface area contributed by atoms with E-state index in [2.05, 4.69) is 4.74 Å². The maximum Gasteiger partial charge on any atom is 0.295 e. The van der Waals surface area contributed by atoms with E-state index in [0.717, 1.165) is 25.9 Å². The molecular formula is C19H20N2O6S2. The Hall–Kier alpha value is -2.69. The predicted octanol–water partition coefficient (Wildman–Crippen LogP) is 2.55. The standard InChI is InChI=1S/C19H20N2O6S2/c20-29(23,24)17-11-14(19(28)26-13-25-12-22)10-16(21-8-4-5-9-21)18(17)27-15-6-2-1-3-7-15/h1-3,6-7,10-12H,4-5,8-9,13H2,(H2,20,23,24). The van der Waals surface area contributed by atoms with Gasteiger partial charge in [-0.15, -0.1) is 0 Å². The second-order valence-corrected chi connectivity index (χ2v) is 8.19. The summed E-state index contributed by atoms with van der Waals surface area (Å²) in [6.45, 7) is 1.32. The van der Waals surface area contributed by atoms with Crippen LogP contribution >= 0.6 is 12.2 Å². The number of primary sulfonamides is 1. The number of anilines is 1. The minimum Gasteiger partial charge on any atom is -0.454 e. The molecular weight excluding hydrogens is 416 g/mol. The van der Waals surface area contributed by atoms with Crippen LogP contribution in [0.1, 0.15) is 18.4 Å². The van der Waals surface area contributed by atoms with E-state index in [1.54, 1.807) is 30.3 Å². The van der Waals surface area contributed by atoms with Gasteiger partial charge in [-0.3, -0.25) is 4.79 Å². The van der Waals surface area contributed by atoms with Gasteiger partial charge in [-0.2, -0.15) is 0 Å². The lowest BCUT2D eigenvalue weighted by Gasteiger charge is -2.24. The van der Waals surface area contributed by atoms with E-state index >= 15 is 0 Å². The van der Waals surface area contributed by atoms with Crippen molar-refractivity contribution in [2.75, 3.05) is 24.8 Å². The zero-order valence-corrected chi connectivity index (χ0v) is 17.1. The Kier molecular flexibility index (Phi) is 6.68. The average molecular weight is 437 g/mol. The summed E-state index contributed by atoms with van der Waals surface area (Å²) in [5.74, 6) is 0.611. The molecule has 2 aromatic rings. The van der Waals surface area contributed by atoms with E-state index in [0.29, 0.717) is 17.0 Å². The minimum atomic E-state index is -4.14. The van der Waals surface area contributed by atoms with Gasteiger partial charge in [-0.1, -0.05) is 18.2 Å². The van der Waals surface area contributed by atoms with E-state index < -0.39 is 10.0 Å². The van der Waals surface area contributed by atoms with Gasteiger partial charge in [0.1, 0.15) is 10.6 Å². The van der Waals surface area contributed by atoms with Crippen molar-refractivity contribution in [3.63, 3.8) is 0 Å². The Morgan fingerprint density at radius 3 is 2.48 bits per heavy atom. The molecule has 1 saturated heterocycles. The lowest BCUT2D eigenvalue weighted by atomic mass is 10.1. The predicted molar refractivity (Wildman–Crippen MR) is 111 cm³/mol. The normalized spacial score (nSPS) is 13.8. The van der Waals surface area contributed by atoms with Gasteiger partial charge in [0, 0.05) is 18.7 Å². The molecule has 0 radical (unpaired) electrons. The van der Waals surface area contributed by atoms with Crippen LogP contribution in [0.2, 0.25) is 0 Å². The van der Waals surface area contributed by atoms with Gasteiger partial charge < -0.3 is 19.1 Å². The van der Waals surface area contributed by atoms with Gasteiger partial charge in [-0.25, -0.2) is 13.6 Å². The number of sulfonamides is 1. The third kappa shape index (κ3) is 5.22. The third-order valence-electron chi connectivity index (χ3n) is 4.31. The summed E-state index contributed by atoms with van der Waals surface area (Å²) in [6, 6.07) is 11.8. The summed E-state index contributed by atoms with van der Waals surface area (Å²) in [6.07, 6.45) is 1.93. The second kappa shape index (κ2) is 9.21. The molecule has 8 nitrogen and oxygen atoms in total. The van der Waals surface area contributed by atoms with Crippen LogP contribution in [0.5, 0.6) is 11.5 Å². The fraction of sp³-hybridized carbons (Fsp3) is 0.263. The van der Waals surface area contributed by atoms with Gasteiger partial charge >= 0.3 is 0 Å². The van der Waals surface area contributed by atoms with Crippen LogP contribution in [0.25, 0.3) is 0 Å². The average Bonchev–Trinajstić information content (AvgIpc) is 3.22. The number of ether oxygens (including phenoxy) is 3. The summed E-state index contributed by atoms with van der Waals surface area (Å²) < 4.78 is 40.4. The zero-order valence-electron chi connectivity index (χ0n) is 15.4. The first kappa shape index (κ1) is 21.0. The Labute approximate surface area is 174 Å². The SMILES string of the molecule is NS(=O)(=O)c1cc(C(=S)OCOC=O)cc(N2CCCC2)c1Oc1ccccc1. The summed E-state index contributed by atoms with van der Waals surface area (Å²) in [4.78, 5) is 12.1. The van der Waals surface area contributed by atoms with E-state index in [9.17, 15) is 13.2 Å². The number of para-hydroxylation sites is 1. The highest BCUT2D eigenvalue weighted by atomic mass is 32.2. The number of hydrogen-bond donors (Lipinski definition) is 1. The number of benzene rings is 2. The zero-order chi connectivity index (χ0) is 20.9. The summed E-state index contributed by atoms with van der Waals surface area (Å²) >= 11 is 5.21. The number of carbonyl (C=O) groups is 1. The fourth-order valence-corrected chi connectivity index (χ4v) is 3.88. The number of thiocarbonyl (C=S) groups is 1. The van der Waals surface area contributed by atoms with Crippen LogP contribution in [0, 0.1) is 0 Å². The van der Waals surface area contributed by atoms with Gasteiger partial charge in [0.2, 0.25) is 16.8 Å². The van der Waals surface area contributed by atoms with Crippen LogP contribution < -0.4 is 14.8 Å². The summed E-state index contributed by atoms with van der Waals surface area (Å²) in [7, 11) is -4.14. The molecule has 1 heterocycles. The van der Waals surface area contributed by atoms with Gasteiger partial charge in [0.15, 0.2) is 10.8 Å². The number of hydrogen-bond acceptors (Lipinski definition) is 8. The van der Waals surface area contributed by atoms with Crippen molar-refractivity contribution < 1.29 is 27.4 Å². The quantitative estimate of drug-likeness (QED) is 0.291. The summed E-state index contributed by atoms with van der Waals surface area (Å²) in [5.41, 5.74) is 0.871. The molecule has 0 aliphatic carbocycles. The molecule has 3 rings (SSSR count). The number of rotatable bonds is 8. The van der Waals surface area contributed by atoms with Crippen LogP contribution in [-0.4, -0.2) is 39.8 Å². The Balaban J connectivity index is 2.11. The van der Waals surface area contributed by atoms with Crippen LogP contribution in [0.3, 0.4) is 0 Å². The molecule has 154 valence electrons. The van der Waals surface area contributed by atoms with Crippen molar-refractivity contribution >= 4 is 39.5 Å². The monoisotopic (exact) mass is 436 g/mol. The number of carbonyl (C=O) groups excluding carboxylic acids is 1. The Morgan fingerprint density at radius 2 is 1.86 bits per heavy atom. The molecule has 0 bridgehead atoms. The van der Waals surface area contributed by atoms with Crippen LogP contribution in [0.4, 0.5) is 5.69 Å². The van der Waals surface area contributed by atoms with E-state index in [1.807, 2.05) is 11.0 Å². The second-order valence-electron chi connectivity index (χ2n) is 6.29. The molecule has 29 heavy (non-hydrogen) atoms. The Morgan fingerprint density at radius 1 is 1.17 bits per heavy atom. The molecule has 2 aromatic carbocycles. The van der Waals surface area contributed by atoms with Crippen molar-refractivity contribution in [3.05, 3.63) is 48.0 Å². The highest BCUT2D eigenvalue weighted by molar-refractivity contribution is 7.89. The smallest absolute Gasteiger partial charge is 0.295 e. The van der Waals surface area contributed by atoms with Crippen molar-refractivity contribution in [1.29, 1.82) is 0 Å². The molecule has 10 heteroatoms. The number of nitrogens with zero attached hydrogens (tertiary/aromatic N) is 1. The van der Waals surface area contributed by atoms with Gasteiger partial charge in [0.05, 0.1) is 5.69 Å². The van der Waals surface area contributed by atoms with Crippen molar-refractivity contribution in [3.8, 4) is 11.5 Å². The lowest BCUT2D eigenvalue weighted by molar-refractivity contribution is -0.135. The molecule has 0 saturated carbocycles. The highest BCUT2D eigenvalue weighted by Gasteiger charge is 2.27. The topological polar surface area (TPSA) is 108 Å². The molecule has 0 amide bonds. The van der Waals surface area contributed by atoms with Crippen molar-refractivity contribution in [2.45, 2.75) is 17.7 Å². The van der Waals surface area contributed by atoms with Gasteiger partial charge in [0.25, 0.3) is 6.47 Å². The Bertz CT molecular complexity index is 989. The number of nitrogens with two attached hydrogens (primary N) is 1. The lowest BCUT2D eigenvalue weighted by Crippen LogP contribution is -2.22. The van der Waals surface area contributed by atoms with Crippen LogP contribution in [-0.2, 0) is 24.3 Å². The molecule has 0 aromatic heterocycles. The van der Waals surface area contributed by atoms with Crippen LogP contribution in [0.15, 0.2) is 47.4 Å². The first-order chi connectivity index (χ1) is 13.9. The molecule has 0 unspecified atom stereocenters. The molecule has 1 aliphatic heterocycles. The molecule has 2 N–H and O–H groups in total. The fourth-order valence-electron chi connectivity index (χ4n) is 3.02. The largest absolute Gasteiger partial charge is 0.454 e. The molecule has 0 atom stereocenters. The van der Waals surface area contributed by atoms with Gasteiger partial charge in [-0.05, 0) is 49.3 Å².